The van der Waals surface area contributed by atoms with Gasteiger partial charge < -0.3 is 5.32 Å². The second-order valence-corrected chi connectivity index (χ2v) is 6.89. The molecule has 2 rings (SSSR count). The molecule has 0 unspecified atom stereocenters. The Bertz CT molecular complexity index is 523. The van der Waals surface area contributed by atoms with Crippen molar-refractivity contribution < 1.29 is 8.78 Å². The zero-order chi connectivity index (χ0) is 16.5. The summed E-state index contributed by atoms with van der Waals surface area (Å²) in [5, 5.41) is 7.81. The van der Waals surface area contributed by atoms with Gasteiger partial charge >= 0.3 is 0 Å². The Labute approximate surface area is 145 Å². The van der Waals surface area contributed by atoms with E-state index in [-0.39, 0.29) is 0 Å². The van der Waals surface area contributed by atoms with Gasteiger partial charge in [-0.05, 0) is 62.2 Å². The molecule has 0 radical (unpaired) electrons. The number of thiocarbonyl (C=S) groups is 1. The van der Waals surface area contributed by atoms with Crippen LogP contribution in [0.3, 0.4) is 0 Å². The highest BCUT2D eigenvalue weighted by atomic mass is 32.2. The van der Waals surface area contributed by atoms with Crippen molar-refractivity contribution in [2.24, 2.45) is 5.10 Å². The van der Waals surface area contributed by atoms with E-state index in [4.69, 9.17) is 12.2 Å². The van der Waals surface area contributed by atoms with Gasteiger partial charge in [-0.15, -0.1) is 0 Å². The van der Waals surface area contributed by atoms with Gasteiger partial charge in [0.2, 0.25) is 0 Å². The van der Waals surface area contributed by atoms with Crippen LogP contribution in [0.15, 0.2) is 34.3 Å². The van der Waals surface area contributed by atoms with Crippen LogP contribution in [0.4, 0.5) is 14.5 Å². The van der Waals surface area contributed by atoms with E-state index in [1.807, 2.05) is 0 Å². The van der Waals surface area contributed by atoms with Crippen LogP contribution in [0.25, 0.3) is 0 Å². The highest BCUT2D eigenvalue weighted by molar-refractivity contribution is 7.99. The molecule has 0 atom stereocenters. The SMILES string of the molecule is FC(F)Sc1ccc(NC(=S)NN=C2CCCCCCC2)cc1. The van der Waals surface area contributed by atoms with E-state index in [2.05, 4.69) is 15.8 Å². The zero-order valence-electron chi connectivity index (χ0n) is 12.9. The predicted octanol–water partition coefficient (Wildman–Crippen LogP) is 5.39. The number of alkyl halides is 2. The van der Waals surface area contributed by atoms with Gasteiger partial charge in [-0.3, -0.25) is 5.43 Å². The molecule has 0 aliphatic heterocycles. The molecule has 7 heteroatoms. The molecule has 23 heavy (non-hydrogen) atoms. The van der Waals surface area contributed by atoms with Gasteiger partial charge in [0, 0.05) is 16.3 Å². The van der Waals surface area contributed by atoms with Gasteiger partial charge in [-0.1, -0.05) is 31.0 Å². The van der Waals surface area contributed by atoms with E-state index in [0.717, 1.165) is 24.2 Å². The second-order valence-electron chi connectivity index (χ2n) is 5.41. The minimum atomic E-state index is -2.41. The molecule has 1 aromatic carbocycles. The molecule has 1 fully saturated rings. The fourth-order valence-corrected chi connectivity index (χ4v) is 3.10. The normalized spacial score (nSPS) is 15.7. The Balaban J connectivity index is 1.81. The number of hydrogen-bond donors (Lipinski definition) is 2. The first-order valence-electron chi connectivity index (χ1n) is 7.81. The Kier molecular flexibility index (Phi) is 7.74. The quantitative estimate of drug-likeness (QED) is 0.430. The maximum atomic E-state index is 12.3. The van der Waals surface area contributed by atoms with Crippen molar-refractivity contribution in [1.82, 2.24) is 5.43 Å². The third kappa shape index (κ3) is 7.26. The van der Waals surface area contributed by atoms with E-state index in [9.17, 15) is 8.78 Å². The zero-order valence-corrected chi connectivity index (χ0v) is 14.5. The van der Waals surface area contributed by atoms with Crippen LogP contribution in [-0.2, 0) is 0 Å². The summed E-state index contributed by atoms with van der Waals surface area (Å²) in [4.78, 5) is 0.527. The van der Waals surface area contributed by atoms with Crippen LogP contribution in [0.1, 0.15) is 44.9 Å². The Morgan fingerprint density at radius 3 is 2.26 bits per heavy atom. The third-order valence-corrected chi connectivity index (χ3v) is 4.50. The highest BCUT2D eigenvalue weighted by Gasteiger charge is 2.06. The summed E-state index contributed by atoms with van der Waals surface area (Å²) in [6, 6.07) is 6.73. The number of hydrazone groups is 1. The smallest absolute Gasteiger partial charge is 0.288 e. The van der Waals surface area contributed by atoms with Gasteiger partial charge in [0.15, 0.2) is 5.11 Å². The van der Waals surface area contributed by atoms with E-state index >= 15 is 0 Å². The first-order valence-corrected chi connectivity index (χ1v) is 9.09. The number of rotatable bonds is 4. The minimum Gasteiger partial charge on any atom is -0.331 e. The van der Waals surface area contributed by atoms with Gasteiger partial charge in [0.1, 0.15) is 0 Å². The predicted molar refractivity (Wildman–Crippen MR) is 97.4 cm³/mol. The lowest BCUT2D eigenvalue weighted by atomic mass is 9.99. The van der Waals surface area contributed by atoms with Crippen molar-refractivity contribution >= 4 is 40.5 Å². The molecule has 0 amide bonds. The lowest BCUT2D eigenvalue weighted by Gasteiger charge is -2.12. The molecule has 2 N–H and O–H groups in total. The molecule has 0 bridgehead atoms. The number of anilines is 1. The van der Waals surface area contributed by atoms with Crippen LogP contribution >= 0.6 is 24.0 Å². The summed E-state index contributed by atoms with van der Waals surface area (Å²) >= 11 is 5.74. The second kappa shape index (κ2) is 9.82. The number of hydrogen-bond acceptors (Lipinski definition) is 3. The summed E-state index contributed by atoms with van der Waals surface area (Å²) in [5.41, 5.74) is 4.79. The van der Waals surface area contributed by atoms with Crippen molar-refractivity contribution in [2.75, 3.05) is 5.32 Å². The molecule has 3 nitrogen and oxygen atoms in total. The molecule has 1 aliphatic rings. The molecule has 0 saturated heterocycles. The maximum absolute atomic E-state index is 12.3. The topological polar surface area (TPSA) is 36.4 Å². The van der Waals surface area contributed by atoms with E-state index in [0.29, 0.717) is 21.8 Å². The molecule has 126 valence electrons. The van der Waals surface area contributed by atoms with Crippen LogP contribution in [0.5, 0.6) is 0 Å². The summed E-state index contributed by atoms with van der Waals surface area (Å²) in [6.45, 7) is 0. The third-order valence-electron chi connectivity index (χ3n) is 3.58. The number of nitrogens with one attached hydrogen (secondary N) is 2. The average Bonchev–Trinajstić information content (AvgIpc) is 2.47. The summed E-state index contributed by atoms with van der Waals surface area (Å²) in [5.74, 6) is -2.41. The van der Waals surface area contributed by atoms with E-state index in [1.165, 1.54) is 32.1 Å². The Morgan fingerprint density at radius 1 is 1.04 bits per heavy atom. The van der Waals surface area contributed by atoms with Gasteiger partial charge in [0.05, 0.1) is 0 Å². The van der Waals surface area contributed by atoms with Crippen molar-refractivity contribution in [3.63, 3.8) is 0 Å². The van der Waals surface area contributed by atoms with Crippen molar-refractivity contribution in [2.45, 2.75) is 55.6 Å². The number of halogens is 2. The van der Waals surface area contributed by atoms with Crippen molar-refractivity contribution in [3.05, 3.63) is 24.3 Å². The standard InChI is InChI=1S/C16H21F2N3S2/c17-15(18)23-14-10-8-12(9-11-14)19-16(22)21-20-13-6-4-2-1-3-5-7-13/h8-11,15H,1-7H2,(H2,19,21,22). The number of nitrogens with zero attached hydrogens (tertiary/aromatic N) is 1. The van der Waals surface area contributed by atoms with Crippen LogP contribution in [0.2, 0.25) is 0 Å². The van der Waals surface area contributed by atoms with Gasteiger partial charge in [0.25, 0.3) is 5.76 Å². The first kappa shape index (κ1) is 18.1. The van der Waals surface area contributed by atoms with Crippen LogP contribution in [0, 0.1) is 0 Å². The summed E-state index contributed by atoms with van der Waals surface area (Å²) in [6.07, 6.45) is 8.27. The average molecular weight is 357 g/mol. The van der Waals surface area contributed by atoms with Gasteiger partial charge in [-0.25, -0.2) is 0 Å². The first-order chi connectivity index (χ1) is 11.1. The number of thioether (sulfide) groups is 1. The summed E-state index contributed by atoms with van der Waals surface area (Å²) in [7, 11) is 0. The molecular formula is C16H21F2N3S2. The Morgan fingerprint density at radius 2 is 1.65 bits per heavy atom. The van der Waals surface area contributed by atoms with Crippen LogP contribution < -0.4 is 10.7 Å². The molecular weight excluding hydrogens is 336 g/mol. The van der Waals surface area contributed by atoms with E-state index in [1.54, 1.807) is 24.3 Å². The lowest BCUT2D eigenvalue weighted by Crippen LogP contribution is -2.25. The molecule has 1 aromatic rings. The largest absolute Gasteiger partial charge is 0.331 e. The van der Waals surface area contributed by atoms with E-state index < -0.39 is 5.76 Å². The van der Waals surface area contributed by atoms with Crippen LogP contribution in [-0.4, -0.2) is 16.6 Å². The fourth-order valence-electron chi connectivity index (χ4n) is 2.43. The Hall–Kier alpha value is -1.21. The molecule has 0 aromatic heterocycles. The monoisotopic (exact) mass is 357 g/mol. The van der Waals surface area contributed by atoms with Crippen molar-refractivity contribution in [3.8, 4) is 0 Å². The maximum Gasteiger partial charge on any atom is 0.288 e. The molecule has 1 saturated carbocycles. The summed E-state index contributed by atoms with van der Waals surface area (Å²) < 4.78 is 24.5. The molecule has 0 spiro atoms. The fraction of sp³-hybridized carbons (Fsp3) is 0.500. The lowest BCUT2D eigenvalue weighted by molar-refractivity contribution is 0.252. The van der Waals surface area contributed by atoms with Gasteiger partial charge in [-0.2, -0.15) is 13.9 Å². The molecule has 1 aliphatic carbocycles. The minimum absolute atomic E-state index is 0.411. The highest BCUT2D eigenvalue weighted by Crippen LogP contribution is 2.26. The number of benzene rings is 1. The van der Waals surface area contributed by atoms with Crippen molar-refractivity contribution in [1.29, 1.82) is 0 Å². The molecule has 0 heterocycles.